The Bertz CT molecular complexity index is 933. The molecule has 1 aliphatic rings. The Morgan fingerprint density at radius 1 is 1.00 bits per heavy atom. The molecule has 4 rings (SSSR count). The smallest absolute Gasteiger partial charge is 0.223 e. The van der Waals surface area contributed by atoms with E-state index in [1.54, 1.807) is 0 Å². The van der Waals surface area contributed by atoms with Crippen LogP contribution in [0.25, 0.3) is 10.8 Å². The number of nitrogens with one attached hydrogen (secondary N) is 1. The first-order valence-electron chi connectivity index (χ1n) is 10.7. The fourth-order valence-electron chi connectivity index (χ4n) is 4.19. The van der Waals surface area contributed by atoms with Crippen molar-refractivity contribution in [3.63, 3.8) is 0 Å². The first kappa shape index (κ1) is 19.6. The Labute approximate surface area is 173 Å². The van der Waals surface area contributed by atoms with Gasteiger partial charge in [-0.15, -0.1) is 0 Å². The van der Waals surface area contributed by atoms with Gasteiger partial charge in [0.2, 0.25) is 5.91 Å². The van der Waals surface area contributed by atoms with Gasteiger partial charge < -0.3 is 10.2 Å². The van der Waals surface area contributed by atoms with Crippen molar-refractivity contribution in [1.29, 1.82) is 0 Å². The number of hydrogen-bond acceptors (Lipinski definition) is 3. The largest absolute Gasteiger partial charge is 0.334 e. The number of pyridine rings is 1. The van der Waals surface area contributed by atoms with Crippen molar-refractivity contribution in [2.45, 2.75) is 44.7 Å². The molecule has 150 valence electrons. The molecule has 29 heavy (non-hydrogen) atoms. The third-order valence-electron chi connectivity index (χ3n) is 5.81. The van der Waals surface area contributed by atoms with E-state index >= 15 is 0 Å². The summed E-state index contributed by atoms with van der Waals surface area (Å²) in [5.74, 6) is 0.232. The molecular formula is C25H29N3O. The second-order valence-corrected chi connectivity index (χ2v) is 7.86. The second-order valence-electron chi connectivity index (χ2n) is 7.86. The Morgan fingerprint density at radius 2 is 1.86 bits per heavy atom. The average molecular weight is 388 g/mol. The lowest BCUT2D eigenvalue weighted by Gasteiger charge is -2.31. The number of nitrogens with zero attached hydrogens (tertiary/aromatic N) is 2. The average Bonchev–Trinajstić information content (AvgIpc) is 3.06. The first-order valence-corrected chi connectivity index (χ1v) is 10.7. The van der Waals surface area contributed by atoms with Gasteiger partial charge in [0.25, 0.3) is 0 Å². The quantitative estimate of drug-likeness (QED) is 0.684. The monoisotopic (exact) mass is 387 g/mol. The molecule has 0 radical (unpaired) electrons. The maximum atomic E-state index is 13.3. The van der Waals surface area contributed by atoms with E-state index in [1.165, 1.54) is 16.3 Å². The van der Waals surface area contributed by atoms with Crippen LogP contribution in [0, 0.1) is 0 Å². The van der Waals surface area contributed by atoms with Gasteiger partial charge in [-0.25, -0.2) is 0 Å². The lowest BCUT2D eigenvalue weighted by atomic mass is 10.0. The van der Waals surface area contributed by atoms with Crippen LogP contribution in [-0.4, -0.2) is 34.9 Å². The highest BCUT2D eigenvalue weighted by atomic mass is 16.2. The molecule has 0 bridgehead atoms. The molecule has 1 aliphatic heterocycles. The van der Waals surface area contributed by atoms with Crippen LogP contribution in [0.5, 0.6) is 0 Å². The molecule has 1 fully saturated rings. The van der Waals surface area contributed by atoms with Crippen molar-refractivity contribution < 1.29 is 4.79 Å². The summed E-state index contributed by atoms with van der Waals surface area (Å²) in [6.45, 7) is 2.61. The topological polar surface area (TPSA) is 45.2 Å². The normalized spacial score (nSPS) is 17.0. The Balaban J connectivity index is 1.47. The third-order valence-corrected chi connectivity index (χ3v) is 5.81. The summed E-state index contributed by atoms with van der Waals surface area (Å²) >= 11 is 0. The summed E-state index contributed by atoms with van der Waals surface area (Å²) < 4.78 is 0. The maximum Gasteiger partial charge on any atom is 0.223 e. The van der Waals surface area contributed by atoms with E-state index in [4.69, 9.17) is 0 Å². The number of rotatable bonds is 6. The van der Waals surface area contributed by atoms with Crippen LogP contribution in [-0.2, 0) is 17.8 Å². The van der Waals surface area contributed by atoms with Crippen molar-refractivity contribution in [2.24, 2.45) is 0 Å². The molecule has 0 spiro atoms. The third kappa shape index (κ3) is 5.21. The lowest BCUT2D eigenvalue weighted by Crippen LogP contribution is -2.40. The van der Waals surface area contributed by atoms with E-state index < -0.39 is 0 Å². The van der Waals surface area contributed by atoms with E-state index in [-0.39, 0.29) is 11.9 Å². The van der Waals surface area contributed by atoms with Gasteiger partial charge in [-0.3, -0.25) is 9.78 Å². The van der Waals surface area contributed by atoms with Gasteiger partial charge >= 0.3 is 0 Å². The van der Waals surface area contributed by atoms with Gasteiger partial charge in [-0.2, -0.15) is 0 Å². The van der Waals surface area contributed by atoms with Crippen molar-refractivity contribution in [2.75, 3.05) is 13.1 Å². The zero-order chi connectivity index (χ0) is 19.9. The predicted octanol–water partition coefficient (Wildman–Crippen LogP) is 4.34. The molecule has 1 unspecified atom stereocenters. The van der Waals surface area contributed by atoms with Crippen LogP contribution in [0.4, 0.5) is 0 Å². The molecule has 1 N–H and O–H groups in total. The summed E-state index contributed by atoms with van der Waals surface area (Å²) in [5.41, 5.74) is 2.18. The molecule has 0 saturated carbocycles. The Kier molecular flexibility index (Phi) is 6.52. The number of hydrogen-bond donors (Lipinski definition) is 1. The van der Waals surface area contributed by atoms with E-state index in [9.17, 15) is 4.79 Å². The van der Waals surface area contributed by atoms with E-state index in [1.807, 2.05) is 24.4 Å². The van der Waals surface area contributed by atoms with Gasteiger partial charge in [0.15, 0.2) is 0 Å². The number of benzene rings is 2. The first-order chi connectivity index (χ1) is 14.3. The number of fused-ring (bicyclic) bond motifs is 1. The lowest BCUT2D eigenvalue weighted by molar-refractivity contribution is -0.134. The molecule has 4 nitrogen and oxygen atoms in total. The number of carbonyl (C=O) groups is 1. The number of carbonyl (C=O) groups excluding carboxylic acids is 1. The van der Waals surface area contributed by atoms with Crippen LogP contribution in [0.15, 0.2) is 66.9 Å². The minimum absolute atomic E-state index is 0.232. The summed E-state index contributed by atoms with van der Waals surface area (Å²) in [6, 6.07) is 21.1. The maximum absolute atomic E-state index is 13.3. The molecule has 1 saturated heterocycles. The molecular weight excluding hydrogens is 358 g/mol. The summed E-state index contributed by atoms with van der Waals surface area (Å²) in [4.78, 5) is 19.8. The van der Waals surface area contributed by atoms with Crippen molar-refractivity contribution in [1.82, 2.24) is 15.2 Å². The summed E-state index contributed by atoms with van der Waals surface area (Å²) in [6.07, 6.45) is 6.29. The minimum atomic E-state index is 0.232. The fraction of sp³-hybridized carbons (Fsp3) is 0.360. The number of amides is 1. The van der Waals surface area contributed by atoms with Gasteiger partial charge in [-0.1, -0.05) is 48.5 Å². The van der Waals surface area contributed by atoms with Crippen molar-refractivity contribution in [3.05, 3.63) is 78.1 Å². The van der Waals surface area contributed by atoms with Crippen LogP contribution in [0.1, 0.15) is 36.9 Å². The minimum Gasteiger partial charge on any atom is -0.334 e. The zero-order valence-electron chi connectivity index (χ0n) is 16.9. The molecule has 2 aromatic carbocycles. The van der Waals surface area contributed by atoms with E-state index in [2.05, 4.69) is 57.7 Å². The highest BCUT2D eigenvalue weighted by Crippen LogP contribution is 2.20. The molecule has 3 aromatic rings. The molecule has 1 aromatic heterocycles. The zero-order valence-corrected chi connectivity index (χ0v) is 16.9. The van der Waals surface area contributed by atoms with Crippen LogP contribution >= 0.6 is 0 Å². The van der Waals surface area contributed by atoms with Gasteiger partial charge in [0.1, 0.15) is 0 Å². The van der Waals surface area contributed by atoms with Crippen LogP contribution < -0.4 is 5.32 Å². The summed E-state index contributed by atoms with van der Waals surface area (Å²) in [5, 5.41) is 5.93. The van der Waals surface area contributed by atoms with Crippen molar-refractivity contribution in [3.8, 4) is 0 Å². The Morgan fingerprint density at radius 3 is 2.72 bits per heavy atom. The van der Waals surface area contributed by atoms with E-state index in [0.29, 0.717) is 13.0 Å². The molecule has 4 heteroatoms. The molecule has 1 amide bonds. The van der Waals surface area contributed by atoms with Crippen LogP contribution in [0.2, 0.25) is 0 Å². The van der Waals surface area contributed by atoms with Gasteiger partial charge in [0.05, 0.1) is 12.2 Å². The number of aromatic nitrogens is 1. The molecule has 2 heterocycles. The second kappa shape index (κ2) is 9.66. The van der Waals surface area contributed by atoms with Gasteiger partial charge in [-0.05, 0) is 67.2 Å². The molecule has 1 atom stereocenters. The summed E-state index contributed by atoms with van der Waals surface area (Å²) in [7, 11) is 0. The van der Waals surface area contributed by atoms with Crippen molar-refractivity contribution >= 4 is 16.7 Å². The fourth-order valence-corrected chi connectivity index (χ4v) is 4.19. The standard InChI is InChI=1S/C25H29N3O/c29-25(13-11-20-10-12-21-6-1-2-7-22(21)18-20)28(19-23-8-3-4-16-27-23)24-9-5-15-26-17-14-24/h1-4,6-8,10,12,16,18,24,26H,5,9,11,13-15,17,19H2. The van der Waals surface area contributed by atoms with Gasteiger partial charge in [0, 0.05) is 18.7 Å². The van der Waals surface area contributed by atoms with E-state index in [0.717, 1.165) is 44.5 Å². The molecule has 0 aliphatic carbocycles. The SMILES string of the molecule is O=C(CCc1ccc2ccccc2c1)N(Cc1ccccn1)C1CCCNCC1. The number of aryl methyl sites for hydroxylation is 1. The Hall–Kier alpha value is -2.72. The van der Waals surface area contributed by atoms with Crippen LogP contribution in [0.3, 0.4) is 0 Å². The highest BCUT2D eigenvalue weighted by molar-refractivity contribution is 5.83. The highest BCUT2D eigenvalue weighted by Gasteiger charge is 2.24. The predicted molar refractivity (Wildman–Crippen MR) is 118 cm³/mol.